The highest BCUT2D eigenvalue weighted by Gasteiger charge is 2.12. The average molecular weight is 353 g/mol. The first-order valence-corrected chi connectivity index (χ1v) is 7.20. The quantitative estimate of drug-likeness (QED) is 0.771. The van der Waals surface area contributed by atoms with Gasteiger partial charge in [0.2, 0.25) is 0 Å². The number of methoxy groups -OCH3 is 1. The van der Waals surface area contributed by atoms with E-state index in [1.165, 1.54) is 0 Å². The Morgan fingerprint density at radius 2 is 2.14 bits per heavy atom. The lowest BCUT2D eigenvalue weighted by Crippen LogP contribution is -2.06. The summed E-state index contributed by atoms with van der Waals surface area (Å²) >= 11 is 3.41. The molecule has 0 unspecified atom stereocenters. The SMILES string of the molecule is COc1ccc(Br)cc1NCc1c(CO)cnc(C)c1O. The molecule has 2 aromatic rings. The molecule has 1 heterocycles. The number of hydrogen-bond acceptors (Lipinski definition) is 5. The zero-order valence-electron chi connectivity index (χ0n) is 11.9. The van der Waals surface area contributed by atoms with E-state index in [2.05, 4.69) is 26.2 Å². The van der Waals surface area contributed by atoms with Crippen LogP contribution in [0.2, 0.25) is 0 Å². The molecule has 0 bridgehead atoms. The number of halogens is 1. The molecule has 0 aliphatic rings. The third kappa shape index (κ3) is 3.46. The van der Waals surface area contributed by atoms with Crippen LogP contribution in [-0.4, -0.2) is 22.3 Å². The van der Waals surface area contributed by atoms with Crippen LogP contribution in [0.5, 0.6) is 11.5 Å². The number of pyridine rings is 1. The lowest BCUT2D eigenvalue weighted by Gasteiger charge is -2.15. The molecule has 3 N–H and O–H groups in total. The van der Waals surface area contributed by atoms with Crippen LogP contribution in [0.25, 0.3) is 0 Å². The van der Waals surface area contributed by atoms with Crippen LogP contribution in [0, 0.1) is 6.92 Å². The number of nitrogens with one attached hydrogen (secondary N) is 1. The molecule has 21 heavy (non-hydrogen) atoms. The van der Waals surface area contributed by atoms with E-state index in [-0.39, 0.29) is 12.4 Å². The maximum absolute atomic E-state index is 10.1. The minimum atomic E-state index is -0.173. The Morgan fingerprint density at radius 3 is 2.81 bits per heavy atom. The minimum absolute atomic E-state index is 0.100. The highest BCUT2D eigenvalue weighted by molar-refractivity contribution is 9.10. The van der Waals surface area contributed by atoms with Crippen molar-refractivity contribution in [2.24, 2.45) is 0 Å². The van der Waals surface area contributed by atoms with Crippen LogP contribution in [0.3, 0.4) is 0 Å². The van der Waals surface area contributed by atoms with Gasteiger partial charge in [-0.05, 0) is 25.1 Å². The molecule has 1 aromatic carbocycles. The number of aryl methyl sites for hydroxylation is 1. The van der Waals surface area contributed by atoms with E-state index in [1.807, 2.05) is 18.2 Å². The zero-order valence-corrected chi connectivity index (χ0v) is 13.4. The van der Waals surface area contributed by atoms with E-state index in [1.54, 1.807) is 20.2 Å². The van der Waals surface area contributed by atoms with Gasteiger partial charge in [0.25, 0.3) is 0 Å². The molecule has 6 heteroatoms. The Balaban J connectivity index is 2.28. The van der Waals surface area contributed by atoms with Crippen LogP contribution in [-0.2, 0) is 13.2 Å². The van der Waals surface area contributed by atoms with Crippen molar-refractivity contribution in [2.45, 2.75) is 20.1 Å². The van der Waals surface area contributed by atoms with Crippen molar-refractivity contribution in [3.8, 4) is 11.5 Å². The first-order chi connectivity index (χ1) is 10.1. The molecule has 0 atom stereocenters. The van der Waals surface area contributed by atoms with Crippen LogP contribution in [0.1, 0.15) is 16.8 Å². The molecule has 0 spiro atoms. The highest BCUT2D eigenvalue weighted by atomic mass is 79.9. The molecule has 0 saturated carbocycles. The summed E-state index contributed by atoms with van der Waals surface area (Å²) in [5.41, 5.74) is 2.56. The van der Waals surface area contributed by atoms with Gasteiger partial charge in [-0.25, -0.2) is 0 Å². The highest BCUT2D eigenvalue weighted by Crippen LogP contribution is 2.30. The Bertz CT molecular complexity index is 647. The molecular formula is C15H17BrN2O3. The normalized spacial score (nSPS) is 10.5. The second-order valence-corrected chi connectivity index (χ2v) is 5.47. The zero-order chi connectivity index (χ0) is 15.4. The fraction of sp³-hybridized carbons (Fsp3) is 0.267. The maximum atomic E-state index is 10.1. The summed E-state index contributed by atoms with van der Waals surface area (Å²) in [4.78, 5) is 4.04. The van der Waals surface area contributed by atoms with E-state index in [0.29, 0.717) is 29.1 Å². The van der Waals surface area contributed by atoms with Crippen molar-refractivity contribution >= 4 is 21.6 Å². The number of rotatable bonds is 5. The van der Waals surface area contributed by atoms with Gasteiger partial charge in [0, 0.05) is 28.3 Å². The number of ether oxygens (including phenoxy) is 1. The molecule has 0 aliphatic carbocycles. The minimum Gasteiger partial charge on any atom is -0.506 e. The third-order valence-corrected chi connectivity index (χ3v) is 3.71. The van der Waals surface area contributed by atoms with E-state index in [9.17, 15) is 10.2 Å². The van der Waals surface area contributed by atoms with Crippen LogP contribution in [0.15, 0.2) is 28.9 Å². The summed E-state index contributed by atoms with van der Waals surface area (Å²) in [6.45, 7) is 1.91. The van der Waals surface area contributed by atoms with Gasteiger partial charge in [-0.3, -0.25) is 4.98 Å². The molecule has 0 saturated heterocycles. The predicted molar refractivity (Wildman–Crippen MR) is 84.6 cm³/mol. The summed E-state index contributed by atoms with van der Waals surface area (Å²) in [5, 5.41) is 22.7. The average Bonchev–Trinajstić information content (AvgIpc) is 2.49. The summed E-state index contributed by atoms with van der Waals surface area (Å²) < 4.78 is 6.21. The lowest BCUT2D eigenvalue weighted by molar-refractivity contribution is 0.279. The first-order valence-electron chi connectivity index (χ1n) is 6.41. The fourth-order valence-corrected chi connectivity index (χ4v) is 2.38. The summed E-state index contributed by atoms with van der Waals surface area (Å²) in [6, 6.07) is 5.62. The molecule has 2 rings (SSSR count). The van der Waals surface area contributed by atoms with Crippen molar-refractivity contribution in [1.29, 1.82) is 0 Å². The number of aliphatic hydroxyl groups excluding tert-OH is 1. The molecule has 0 aliphatic heterocycles. The van der Waals surface area contributed by atoms with Gasteiger partial charge in [-0.2, -0.15) is 0 Å². The molecule has 0 amide bonds. The van der Waals surface area contributed by atoms with Crippen molar-refractivity contribution in [1.82, 2.24) is 4.98 Å². The van der Waals surface area contributed by atoms with Gasteiger partial charge in [-0.1, -0.05) is 15.9 Å². The topological polar surface area (TPSA) is 74.6 Å². The molecule has 0 radical (unpaired) electrons. The molecule has 112 valence electrons. The Labute approximate surface area is 131 Å². The van der Waals surface area contributed by atoms with Gasteiger partial charge >= 0.3 is 0 Å². The maximum Gasteiger partial charge on any atom is 0.142 e. The van der Waals surface area contributed by atoms with E-state index in [4.69, 9.17) is 4.74 Å². The molecule has 1 aromatic heterocycles. The van der Waals surface area contributed by atoms with Gasteiger partial charge in [0.15, 0.2) is 0 Å². The van der Waals surface area contributed by atoms with E-state index < -0.39 is 0 Å². The Kier molecular flexibility index (Phi) is 5.03. The van der Waals surface area contributed by atoms with Gasteiger partial charge in [-0.15, -0.1) is 0 Å². The van der Waals surface area contributed by atoms with Crippen molar-refractivity contribution in [2.75, 3.05) is 12.4 Å². The number of benzene rings is 1. The number of anilines is 1. The van der Waals surface area contributed by atoms with E-state index in [0.717, 1.165) is 10.2 Å². The van der Waals surface area contributed by atoms with Crippen LogP contribution >= 0.6 is 15.9 Å². The Morgan fingerprint density at radius 1 is 1.38 bits per heavy atom. The van der Waals surface area contributed by atoms with Crippen molar-refractivity contribution in [3.05, 3.63) is 45.7 Å². The Hall–Kier alpha value is -1.79. The summed E-state index contributed by atoms with van der Waals surface area (Å²) in [6.07, 6.45) is 1.57. The van der Waals surface area contributed by atoms with Crippen LogP contribution in [0.4, 0.5) is 5.69 Å². The number of aromatic hydroxyl groups is 1. The van der Waals surface area contributed by atoms with E-state index >= 15 is 0 Å². The van der Waals surface area contributed by atoms with Crippen molar-refractivity contribution in [3.63, 3.8) is 0 Å². The van der Waals surface area contributed by atoms with Crippen LogP contribution < -0.4 is 10.1 Å². The number of aromatic nitrogens is 1. The molecular weight excluding hydrogens is 336 g/mol. The first kappa shape index (κ1) is 15.6. The largest absolute Gasteiger partial charge is 0.506 e. The van der Waals surface area contributed by atoms with Gasteiger partial charge in [0.05, 0.1) is 25.1 Å². The second-order valence-electron chi connectivity index (χ2n) is 4.55. The fourth-order valence-electron chi connectivity index (χ4n) is 2.02. The number of hydrogen-bond donors (Lipinski definition) is 3. The lowest BCUT2D eigenvalue weighted by atomic mass is 10.1. The number of nitrogens with zero attached hydrogens (tertiary/aromatic N) is 1. The van der Waals surface area contributed by atoms with Gasteiger partial charge in [0.1, 0.15) is 11.5 Å². The summed E-state index contributed by atoms with van der Waals surface area (Å²) in [7, 11) is 1.60. The van der Waals surface area contributed by atoms with Gasteiger partial charge < -0.3 is 20.3 Å². The third-order valence-electron chi connectivity index (χ3n) is 3.22. The monoisotopic (exact) mass is 352 g/mol. The summed E-state index contributed by atoms with van der Waals surface area (Å²) in [5.74, 6) is 0.803. The second kappa shape index (κ2) is 6.78. The standard InChI is InChI=1S/C15H17BrN2O3/c1-9-15(20)12(10(8-19)6-17-9)7-18-13-5-11(16)3-4-14(13)21-2/h3-6,18-20H,7-8H2,1-2H3. The molecule has 5 nitrogen and oxygen atoms in total. The predicted octanol–water partition coefficient (Wildman–Crippen LogP) is 2.97. The number of aliphatic hydroxyl groups is 1. The smallest absolute Gasteiger partial charge is 0.142 e. The molecule has 0 fully saturated rings. The van der Waals surface area contributed by atoms with Crippen molar-refractivity contribution < 1.29 is 14.9 Å².